The van der Waals surface area contributed by atoms with Crippen molar-refractivity contribution in [3.63, 3.8) is 0 Å². The van der Waals surface area contributed by atoms with Crippen molar-refractivity contribution in [1.82, 2.24) is 10.2 Å². The molecule has 0 aliphatic rings. The maximum absolute atomic E-state index is 13.6. The molecule has 1 atom stereocenters. The minimum Gasteiger partial charge on any atom is -1.00 e. The molecule has 2 aromatic carbocycles. The quantitative estimate of drug-likeness (QED) is 0.162. The van der Waals surface area contributed by atoms with Gasteiger partial charge in [0.2, 0.25) is 15.7 Å². The number of carbonyl (C=O) groups excluding carboxylic acids is 3. The van der Waals surface area contributed by atoms with Crippen molar-refractivity contribution in [2.45, 2.75) is 37.4 Å². The molecule has 0 spiro atoms. The number of alkyl carbamates (subject to hydrolysis) is 1. The van der Waals surface area contributed by atoms with Crippen LogP contribution in [-0.2, 0) is 43.7 Å². The first-order valence-electron chi connectivity index (χ1n) is 13.7. The molecule has 45 heavy (non-hydrogen) atoms. The summed E-state index contributed by atoms with van der Waals surface area (Å²) in [5.74, 6) is -0.302. The smallest absolute Gasteiger partial charge is 0.417 e. The van der Waals surface area contributed by atoms with Gasteiger partial charge in [0.1, 0.15) is 38.2 Å². The third-order valence-electron chi connectivity index (χ3n) is 6.56. The molecule has 15 heteroatoms. The lowest BCUT2D eigenvalue weighted by atomic mass is 10.1. The van der Waals surface area contributed by atoms with Gasteiger partial charge in [0, 0.05) is 25.8 Å². The molecule has 0 radical (unpaired) electrons. The fourth-order valence-corrected chi connectivity index (χ4v) is 4.63. The molecule has 0 fully saturated rings. The van der Waals surface area contributed by atoms with Crippen LogP contribution >= 0.6 is 0 Å². The van der Waals surface area contributed by atoms with Crippen LogP contribution in [-0.4, -0.2) is 71.5 Å². The predicted octanol–water partition coefficient (Wildman–Crippen LogP) is -0.583. The summed E-state index contributed by atoms with van der Waals surface area (Å²) in [7, 11) is -0.976. The van der Waals surface area contributed by atoms with E-state index in [1.165, 1.54) is 26.4 Å². The second kappa shape index (κ2) is 18.2. The van der Waals surface area contributed by atoms with Gasteiger partial charge in [-0.05, 0) is 43.2 Å². The highest BCUT2D eigenvalue weighted by atomic mass is 127. The minimum absolute atomic E-state index is 0. The van der Waals surface area contributed by atoms with E-state index in [0.717, 1.165) is 10.5 Å². The number of nitrogens with two attached hydrogens (primary N) is 1. The largest absolute Gasteiger partial charge is 1.00 e. The summed E-state index contributed by atoms with van der Waals surface area (Å²) in [6.07, 6.45) is -0.176. The van der Waals surface area contributed by atoms with E-state index in [1.54, 1.807) is 36.4 Å². The van der Waals surface area contributed by atoms with Crippen LogP contribution in [0.4, 0.5) is 9.59 Å². The van der Waals surface area contributed by atoms with E-state index in [1.807, 2.05) is 35.9 Å². The van der Waals surface area contributed by atoms with Crippen LogP contribution in [0, 0.1) is 0 Å². The summed E-state index contributed by atoms with van der Waals surface area (Å²) in [6, 6.07) is 18.0. The Labute approximate surface area is 279 Å². The highest BCUT2D eigenvalue weighted by Crippen LogP contribution is 2.21. The van der Waals surface area contributed by atoms with Crippen LogP contribution in [0.2, 0.25) is 0 Å². The number of nitrogens with one attached hydrogen (secondary N) is 1. The van der Waals surface area contributed by atoms with Crippen molar-refractivity contribution in [2.24, 2.45) is 5.14 Å². The highest BCUT2D eigenvalue weighted by Gasteiger charge is 2.30. The number of methoxy groups -OCH3 is 2. The van der Waals surface area contributed by atoms with Gasteiger partial charge in [0.25, 0.3) is 5.91 Å². The molecule has 0 bridgehead atoms. The predicted molar refractivity (Wildman–Crippen MR) is 158 cm³/mol. The Morgan fingerprint density at radius 2 is 1.62 bits per heavy atom. The fourth-order valence-electron chi connectivity index (χ4n) is 4.11. The summed E-state index contributed by atoms with van der Waals surface area (Å²) in [4.78, 5) is 40.0. The maximum Gasteiger partial charge on any atom is 0.417 e. The number of pyridine rings is 1. The Bertz CT molecular complexity index is 1540. The van der Waals surface area contributed by atoms with Gasteiger partial charge in [0.15, 0.2) is 6.20 Å². The Morgan fingerprint density at radius 1 is 0.956 bits per heavy atom. The molecule has 3 amide bonds. The van der Waals surface area contributed by atoms with E-state index < -0.39 is 34.2 Å². The molecule has 244 valence electrons. The molecule has 13 nitrogen and oxygen atoms in total. The van der Waals surface area contributed by atoms with Crippen molar-refractivity contribution in [3.8, 4) is 5.75 Å². The third kappa shape index (κ3) is 11.3. The first-order valence-corrected chi connectivity index (χ1v) is 15.3. The number of sulfonamides is 1. The van der Waals surface area contributed by atoms with E-state index in [4.69, 9.17) is 24.1 Å². The van der Waals surface area contributed by atoms with Gasteiger partial charge < -0.3 is 48.2 Å². The topological polar surface area (TPSA) is 167 Å². The summed E-state index contributed by atoms with van der Waals surface area (Å²) >= 11 is 0. The van der Waals surface area contributed by atoms with Crippen LogP contribution in [0.15, 0.2) is 77.8 Å². The normalized spacial score (nSPS) is 11.5. The van der Waals surface area contributed by atoms with Gasteiger partial charge in [-0.3, -0.25) is 4.79 Å². The molecular formula is C30H37IN4O9S. The Hall–Kier alpha value is -3.80. The van der Waals surface area contributed by atoms with Crippen molar-refractivity contribution in [3.05, 3.63) is 89.7 Å². The molecule has 0 saturated heterocycles. The second-order valence-electron chi connectivity index (χ2n) is 9.47. The second-order valence-corrected chi connectivity index (χ2v) is 11.0. The van der Waals surface area contributed by atoms with E-state index in [9.17, 15) is 22.8 Å². The number of aryl methyl sites for hydroxylation is 1. The van der Waals surface area contributed by atoms with Crippen molar-refractivity contribution >= 4 is 28.1 Å². The first kappa shape index (κ1) is 37.4. The number of amides is 3. The maximum atomic E-state index is 13.6. The minimum atomic E-state index is -3.78. The molecule has 1 aromatic heterocycles. The van der Waals surface area contributed by atoms with Gasteiger partial charge in [-0.2, -0.15) is 0 Å². The third-order valence-corrected chi connectivity index (χ3v) is 7.49. The van der Waals surface area contributed by atoms with Crippen LogP contribution in [0.1, 0.15) is 28.5 Å². The van der Waals surface area contributed by atoms with Crippen LogP contribution in [0.25, 0.3) is 0 Å². The summed E-state index contributed by atoms with van der Waals surface area (Å²) < 4.78 is 45.9. The SMILES string of the molecule is CC[n+]1ccccc1CN(C(=O)OCC(COC(=O)NCCc1ccc(S(N)(=O)=O)cc1)OC)C(=O)c1ccccc1OC.[I-]. The number of ether oxygens (including phenoxy) is 4. The molecule has 0 aliphatic carbocycles. The number of hydrogen-bond donors (Lipinski definition) is 2. The lowest BCUT2D eigenvalue weighted by molar-refractivity contribution is -0.701. The van der Waals surface area contributed by atoms with Crippen LogP contribution < -0.4 is 43.7 Å². The fraction of sp³-hybridized carbons (Fsp3) is 0.333. The lowest BCUT2D eigenvalue weighted by Crippen LogP contribution is -3.00. The molecule has 3 N–H and O–H groups in total. The zero-order chi connectivity index (χ0) is 32.1. The number of carbonyl (C=O) groups is 3. The number of benzene rings is 2. The molecule has 0 saturated carbocycles. The molecular weight excluding hydrogens is 719 g/mol. The number of halogens is 1. The van der Waals surface area contributed by atoms with Gasteiger partial charge in [-0.15, -0.1) is 0 Å². The average Bonchev–Trinajstić information content (AvgIpc) is 3.03. The summed E-state index contributed by atoms with van der Waals surface area (Å²) in [5, 5.41) is 7.68. The zero-order valence-electron chi connectivity index (χ0n) is 25.2. The van der Waals surface area contributed by atoms with Gasteiger partial charge in [-0.25, -0.2) is 32.6 Å². The van der Waals surface area contributed by atoms with Gasteiger partial charge >= 0.3 is 12.2 Å². The van der Waals surface area contributed by atoms with Crippen molar-refractivity contribution in [1.29, 1.82) is 0 Å². The number of imide groups is 1. The van der Waals surface area contributed by atoms with Crippen LogP contribution in [0.3, 0.4) is 0 Å². The number of para-hydroxylation sites is 1. The number of aromatic nitrogens is 1. The number of rotatable bonds is 14. The molecule has 3 rings (SSSR count). The Kier molecular flexibility index (Phi) is 15.2. The van der Waals surface area contributed by atoms with E-state index in [0.29, 0.717) is 24.4 Å². The Morgan fingerprint density at radius 3 is 2.27 bits per heavy atom. The van der Waals surface area contributed by atoms with Crippen molar-refractivity contribution < 1.29 is 70.3 Å². The van der Waals surface area contributed by atoms with E-state index >= 15 is 0 Å². The Balaban J connectivity index is 0.00000705. The summed E-state index contributed by atoms with van der Waals surface area (Å²) in [5.41, 5.74) is 1.68. The summed E-state index contributed by atoms with van der Waals surface area (Å²) in [6.45, 7) is 2.20. The molecule has 0 aliphatic heterocycles. The average molecular weight is 757 g/mol. The molecule has 1 heterocycles. The van der Waals surface area contributed by atoms with Crippen LogP contribution in [0.5, 0.6) is 5.75 Å². The standard InChI is InChI=1S/C30H36N4O9S.HI/c1-4-33-18-8-7-9-23(33)19-34(28(35)26-10-5-6-11-27(26)41-3)30(37)43-21-24(40-2)20-42-29(36)32-17-16-22-12-14-25(15-13-22)44(31,38)39;/h5-15,18,24H,4,16-17,19-21H2,1-3H3,(H2-,31,32,36,38,39);1H. The molecule has 1 unspecified atom stereocenters. The highest BCUT2D eigenvalue weighted by molar-refractivity contribution is 7.89. The lowest BCUT2D eigenvalue weighted by Gasteiger charge is -2.22. The number of primary sulfonamides is 1. The molecule has 3 aromatic rings. The first-order chi connectivity index (χ1) is 21.1. The van der Waals surface area contributed by atoms with Gasteiger partial charge in [0.05, 0.1) is 17.6 Å². The number of hydrogen-bond acceptors (Lipinski definition) is 9. The number of nitrogens with zero attached hydrogens (tertiary/aromatic N) is 2. The van der Waals surface area contributed by atoms with E-state index in [2.05, 4.69) is 5.32 Å². The monoisotopic (exact) mass is 756 g/mol. The van der Waals surface area contributed by atoms with Crippen molar-refractivity contribution in [2.75, 3.05) is 34.0 Å². The zero-order valence-corrected chi connectivity index (χ0v) is 28.2. The van der Waals surface area contributed by atoms with Gasteiger partial charge in [-0.1, -0.05) is 30.3 Å². The van der Waals surface area contributed by atoms with E-state index in [-0.39, 0.29) is 60.7 Å².